The van der Waals surface area contributed by atoms with E-state index in [2.05, 4.69) is 12.1 Å². The summed E-state index contributed by atoms with van der Waals surface area (Å²) in [5, 5.41) is 23.0. The minimum Gasteiger partial charge on any atom is -0.350 e. The van der Waals surface area contributed by atoms with Gasteiger partial charge in [-0.05, 0) is 22.6 Å². The van der Waals surface area contributed by atoms with Crippen LogP contribution in [0.15, 0.2) is 97.1 Å². The molecule has 0 radical (unpaired) electrons. The first kappa shape index (κ1) is 21.8. The first-order valence-electron chi connectivity index (χ1n) is 11.7. The third kappa shape index (κ3) is 2.93. The molecule has 0 saturated carbocycles. The molecule has 3 atom stereocenters. The molecule has 2 heterocycles. The lowest BCUT2D eigenvalue weighted by atomic mass is 9.69. The zero-order valence-corrected chi connectivity index (χ0v) is 19.2. The molecular weight excluding hydrogens is 449 g/mol. The molecule has 0 aliphatic carbocycles. The van der Waals surface area contributed by atoms with Crippen LogP contribution in [0.5, 0.6) is 0 Å². The maximum atomic E-state index is 15.4. The molecule has 0 N–H and O–H groups in total. The topological polar surface area (TPSA) is 67.9 Å². The number of nitrogens with zero attached hydrogens (tertiary/aromatic N) is 3. The summed E-state index contributed by atoms with van der Waals surface area (Å²) in [7, 11) is 0. The van der Waals surface area contributed by atoms with Gasteiger partial charge in [0.1, 0.15) is 11.9 Å². The largest absolute Gasteiger partial charge is 0.350 e. The number of carbonyl (C=O) groups is 1. The number of nitriles is 2. The van der Waals surface area contributed by atoms with Crippen LogP contribution in [-0.2, 0) is 0 Å². The average Bonchev–Trinajstić information content (AvgIpc) is 3.23. The Morgan fingerprint density at radius 3 is 2.31 bits per heavy atom. The molecule has 2 aliphatic heterocycles. The number of fused-ring (bicyclic) bond motifs is 5. The van der Waals surface area contributed by atoms with Gasteiger partial charge in [-0.1, -0.05) is 97.1 Å². The number of rotatable bonds is 3. The van der Waals surface area contributed by atoms with E-state index < -0.39 is 29.2 Å². The lowest BCUT2D eigenvalue weighted by Gasteiger charge is -2.36. The normalized spacial score (nSPS) is 21.3. The van der Waals surface area contributed by atoms with E-state index in [9.17, 15) is 15.3 Å². The smallest absolute Gasteiger partial charge is 0.185 e. The lowest BCUT2D eigenvalue weighted by molar-refractivity contribution is 0.0950. The monoisotopic (exact) mass is 469 g/mol. The van der Waals surface area contributed by atoms with Gasteiger partial charge in [-0.2, -0.15) is 10.5 Å². The molecule has 4 aromatic carbocycles. The van der Waals surface area contributed by atoms with Gasteiger partial charge in [-0.3, -0.25) is 4.79 Å². The molecule has 0 unspecified atom stereocenters. The summed E-state index contributed by atoms with van der Waals surface area (Å²) < 4.78 is 15.4. The van der Waals surface area contributed by atoms with Crippen molar-refractivity contribution in [3.63, 3.8) is 0 Å². The quantitative estimate of drug-likeness (QED) is 0.332. The van der Waals surface area contributed by atoms with Crippen LogP contribution in [-0.4, -0.2) is 17.9 Å². The number of ketones is 1. The van der Waals surface area contributed by atoms with Crippen LogP contribution in [0, 0.1) is 33.9 Å². The first-order valence-corrected chi connectivity index (χ1v) is 11.7. The molecule has 172 valence electrons. The molecule has 0 aromatic heterocycles. The zero-order chi connectivity index (χ0) is 24.9. The minimum atomic E-state index is -1.69. The highest BCUT2D eigenvalue weighted by Gasteiger charge is 2.64. The van der Waals surface area contributed by atoms with E-state index in [0.717, 1.165) is 22.0 Å². The van der Waals surface area contributed by atoms with E-state index in [1.54, 1.807) is 42.5 Å². The molecule has 6 rings (SSSR count). The van der Waals surface area contributed by atoms with Crippen molar-refractivity contribution in [2.24, 2.45) is 5.41 Å². The fourth-order valence-electron chi connectivity index (χ4n) is 5.89. The summed E-state index contributed by atoms with van der Waals surface area (Å²) in [6, 6.07) is 29.6. The Hall–Kier alpha value is -4.74. The summed E-state index contributed by atoms with van der Waals surface area (Å²) >= 11 is 0. The van der Waals surface area contributed by atoms with Crippen LogP contribution in [0.25, 0.3) is 16.8 Å². The number of halogens is 1. The van der Waals surface area contributed by atoms with Crippen LogP contribution in [0.2, 0.25) is 0 Å². The van der Waals surface area contributed by atoms with Gasteiger partial charge in [0.15, 0.2) is 11.2 Å². The van der Waals surface area contributed by atoms with Crippen molar-refractivity contribution >= 4 is 28.3 Å². The van der Waals surface area contributed by atoms with Crippen molar-refractivity contribution in [1.29, 1.82) is 10.5 Å². The fraction of sp³-hybridized carbons (Fsp3) is 0.129. The Balaban J connectivity index is 1.70. The standard InChI is InChI=1S/C31H20FN3O/c32-25-13-7-6-12-24(25)27-29(30(36)22-9-2-1-3-10-22)35-26(31(27,18-33)19-34)17-16-21-15-14-20-8-4-5-11-23(20)28(21)35/h1-17,26-27,29H/t26-,27+,29-/m1/s1. The summed E-state index contributed by atoms with van der Waals surface area (Å²) in [6.45, 7) is 0. The summed E-state index contributed by atoms with van der Waals surface area (Å²) in [5.41, 5.74) is 0.617. The molecule has 1 saturated heterocycles. The van der Waals surface area contributed by atoms with Crippen molar-refractivity contribution in [2.75, 3.05) is 4.90 Å². The minimum absolute atomic E-state index is 0.194. The van der Waals surface area contributed by atoms with E-state index in [1.807, 2.05) is 59.5 Å². The maximum absolute atomic E-state index is 15.4. The van der Waals surface area contributed by atoms with Gasteiger partial charge in [-0.25, -0.2) is 4.39 Å². The predicted octanol–water partition coefficient (Wildman–Crippen LogP) is 6.26. The van der Waals surface area contributed by atoms with Gasteiger partial charge < -0.3 is 4.90 Å². The second-order valence-corrected chi connectivity index (χ2v) is 9.20. The van der Waals surface area contributed by atoms with Crippen LogP contribution in [0.3, 0.4) is 0 Å². The van der Waals surface area contributed by atoms with Gasteiger partial charge in [0.2, 0.25) is 0 Å². The van der Waals surface area contributed by atoms with E-state index in [4.69, 9.17) is 0 Å². The average molecular weight is 470 g/mol. The Morgan fingerprint density at radius 2 is 1.56 bits per heavy atom. The van der Waals surface area contributed by atoms with E-state index in [0.29, 0.717) is 5.56 Å². The molecule has 0 amide bonds. The Bertz CT molecular complexity index is 1620. The van der Waals surface area contributed by atoms with E-state index in [1.165, 1.54) is 6.07 Å². The zero-order valence-electron chi connectivity index (χ0n) is 19.2. The molecule has 5 heteroatoms. The Labute approximate surface area is 208 Å². The number of benzene rings is 4. The number of hydrogen-bond acceptors (Lipinski definition) is 4. The number of hydrogen-bond donors (Lipinski definition) is 0. The van der Waals surface area contributed by atoms with Crippen LogP contribution in [0.4, 0.5) is 10.1 Å². The highest BCUT2D eigenvalue weighted by Crippen LogP contribution is 2.57. The third-order valence-corrected chi connectivity index (χ3v) is 7.46. The molecule has 4 nitrogen and oxygen atoms in total. The van der Waals surface area contributed by atoms with Crippen LogP contribution >= 0.6 is 0 Å². The lowest BCUT2D eigenvalue weighted by Crippen LogP contribution is -2.44. The number of carbonyl (C=O) groups excluding carboxylic acids is 1. The van der Waals surface area contributed by atoms with Gasteiger partial charge >= 0.3 is 0 Å². The molecule has 0 spiro atoms. The Morgan fingerprint density at radius 1 is 0.861 bits per heavy atom. The van der Waals surface area contributed by atoms with Crippen molar-refractivity contribution in [3.8, 4) is 12.1 Å². The molecule has 36 heavy (non-hydrogen) atoms. The molecular formula is C31H20FN3O. The third-order valence-electron chi connectivity index (χ3n) is 7.46. The molecule has 2 aliphatic rings. The summed E-state index contributed by atoms with van der Waals surface area (Å²) in [5.74, 6) is -1.80. The van der Waals surface area contributed by atoms with E-state index >= 15 is 4.39 Å². The Kier molecular flexibility index (Phi) is 4.95. The van der Waals surface area contributed by atoms with Crippen molar-refractivity contribution in [2.45, 2.75) is 18.0 Å². The number of anilines is 1. The molecule has 1 fully saturated rings. The number of Topliss-reactive ketones (excluding diaryl/α,β-unsaturated/α-hetero) is 1. The summed E-state index contributed by atoms with van der Waals surface area (Å²) in [4.78, 5) is 16.2. The fourth-order valence-corrected chi connectivity index (χ4v) is 5.89. The first-order chi connectivity index (χ1) is 17.6. The summed E-state index contributed by atoms with van der Waals surface area (Å²) in [6.07, 6.45) is 3.72. The van der Waals surface area contributed by atoms with Gasteiger partial charge in [0.05, 0.1) is 23.9 Å². The van der Waals surface area contributed by atoms with Crippen molar-refractivity contribution in [3.05, 3.63) is 120 Å². The van der Waals surface area contributed by atoms with Gasteiger partial charge in [0, 0.05) is 16.9 Å². The van der Waals surface area contributed by atoms with Crippen molar-refractivity contribution < 1.29 is 9.18 Å². The maximum Gasteiger partial charge on any atom is 0.185 e. The predicted molar refractivity (Wildman–Crippen MR) is 137 cm³/mol. The molecule has 0 bridgehead atoms. The highest BCUT2D eigenvalue weighted by atomic mass is 19.1. The second-order valence-electron chi connectivity index (χ2n) is 9.20. The van der Waals surface area contributed by atoms with Crippen LogP contribution in [0.1, 0.15) is 27.4 Å². The highest BCUT2D eigenvalue weighted by molar-refractivity contribution is 6.08. The van der Waals surface area contributed by atoms with E-state index in [-0.39, 0.29) is 11.3 Å². The van der Waals surface area contributed by atoms with Gasteiger partial charge in [0.25, 0.3) is 0 Å². The SMILES string of the molecule is N#CC1(C#N)[C@@H](c2ccccc2F)[C@H](C(=O)c2ccccc2)N2c3c(ccc4ccccc34)C=C[C@@H]21. The van der Waals surface area contributed by atoms with Crippen LogP contribution < -0.4 is 4.90 Å². The second kappa shape index (κ2) is 8.18. The van der Waals surface area contributed by atoms with Gasteiger partial charge in [-0.15, -0.1) is 0 Å². The van der Waals surface area contributed by atoms with Crippen molar-refractivity contribution in [1.82, 2.24) is 0 Å². The molecule has 4 aromatic rings.